The van der Waals surface area contributed by atoms with Crippen LogP contribution in [-0.2, 0) is 19.9 Å². The Kier molecular flexibility index (Phi) is 4.18. The summed E-state index contributed by atoms with van der Waals surface area (Å²) in [5, 5.41) is 4.49. The number of aromatic nitrogens is 2. The lowest BCUT2D eigenvalue weighted by Crippen LogP contribution is -2.44. The lowest BCUT2D eigenvalue weighted by Gasteiger charge is -2.29. The van der Waals surface area contributed by atoms with E-state index in [2.05, 4.69) is 48.7 Å². The number of nitrogens with zero attached hydrogens (tertiary/aromatic N) is 2. The molecule has 0 aliphatic carbocycles. The second-order valence-corrected chi connectivity index (χ2v) is 5.81. The third-order valence-electron chi connectivity index (χ3n) is 3.37. The monoisotopic (exact) mass is 287 g/mol. The molecule has 16 heavy (non-hydrogen) atoms. The van der Waals surface area contributed by atoms with E-state index in [9.17, 15) is 0 Å². The fraction of sp³-hybridized carbons (Fsp3) is 0.750. The van der Waals surface area contributed by atoms with Gasteiger partial charge in [-0.1, -0.05) is 20.8 Å². The summed E-state index contributed by atoms with van der Waals surface area (Å²) in [5.41, 5.74) is 8.42. The van der Waals surface area contributed by atoms with E-state index in [1.807, 2.05) is 11.7 Å². The molecule has 1 aromatic rings. The van der Waals surface area contributed by atoms with Crippen LogP contribution in [0.25, 0.3) is 0 Å². The third kappa shape index (κ3) is 2.66. The van der Waals surface area contributed by atoms with Crippen molar-refractivity contribution in [3.05, 3.63) is 15.9 Å². The summed E-state index contributed by atoms with van der Waals surface area (Å²) in [6.45, 7) is 8.53. The molecular weight excluding hydrogens is 266 g/mol. The maximum atomic E-state index is 6.32. The standard InChI is InChI=1S/C12H22BrN3/c1-6-9-11(13)10(16(5)15-9)7-12(4,14)8(2)3/h8H,6-7,14H2,1-5H3. The summed E-state index contributed by atoms with van der Waals surface area (Å²) in [6.07, 6.45) is 1.78. The summed E-state index contributed by atoms with van der Waals surface area (Å²) in [6, 6.07) is 0. The molecule has 4 heteroatoms. The minimum atomic E-state index is -0.193. The van der Waals surface area contributed by atoms with Crippen LogP contribution >= 0.6 is 15.9 Å². The molecule has 0 radical (unpaired) electrons. The number of rotatable bonds is 4. The molecule has 0 saturated heterocycles. The van der Waals surface area contributed by atoms with E-state index >= 15 is 0 Å². The minimum absolute atomic E-state index is 0.193. The maximum Gasteiger partial charge on any atom is 0.0766 e. The third-order valence-corrected chi connectivity index (χ3v) is 4.29. The van der Waals surface area contributed by atoms with Crippen molar-refractivity contribution in [3.8, 4) is 0 Å². The molecule has 0 spiro atoms. The van der Waals surface area contributed by atoms with Gasteiger partial charge in [0.25, 0.3) is 0 Å². The molecule has 2 N–H and O–H groups in total. The van der Waals surface area contributed by atoms with Crippen molar-refractivity contribution in [2.75, 3.05) is 0 Å². The first-order valence-corrected chi connectivity index (χ1v) is 6.58. The van der Waals surface area contributed by atoms with Crippen LogP contribution < -0.4 is 5.73 Å². The second-order valence-electron chi connectivity index (χ2n) is 5.02. The fourth-order valence-electron chi connectivity index (χ4n) is 1.58. The van der Waals surface area contributed by atoms with Crippen LogP contribution in [-0.4, -0.2) is 15.3 Å². The Bertz CT molecular complexity index is 367. The average Bonchev–Trinajstić information content (AvgIpc) is 2.44. The fourth-order valence-corrected chi connectivity index (χ4v) is 2.33. The summed E-state index contributed by atoms with van der Waals surface area (Å²) in [4.78, 5) is 0. The first-order chi connectivity index (χ1) is 7.29. The van der Waals surface area contributed by atoms with Crippen molar-refractivity contribution in [2.24, 2.45) is 18.7 Å². The molecule has 1 unspecified atom stereocenters. The molecular formula is C12H22BrN3. The average molecular weight is 288 g/mol. The van der Waals surface area contributed by atoms with Gasteiger partial charge in [0.15, 0.2) is 0 Å². The van der Waals surface area contributed by atoms with Gasteiger partial charge >= 0.3 is 0 Å². The smallest absolute Gasteiger partial charge is 0.0766 e. The topological polar surface area (TPSA) is 43.8 Å². The summed E-state index contributed by atoms with van der Waals surface area (Å²) in [7, 11) is 1.98. The van der Waals surface area contributed by atoms with Gasteiger partial charge < -0.3 is 5.73 Å². The second kappa shape index (κ2) is 4.88. The van der Waals surface area contributed by atoms with Gasteiger partial charge in [-0.2, -0.15) is 5.10 Å². The summed E-state index contributed by atoms with van der Waals surface area (Å²) >= 11 is 3.63. The number of hydrogen-bond acceptors (Lipinski definition) is 2. The number of halogens is 1. The molecule has 1 rings (SSSR count). The van der Waals surface area contributed by atoms with Crippen molar-refractivity contribution < 1.29 is 0 Å². The van der Waals surface area contributed by atoms with Crippen molar-refractivity contribution in [3.63, 3.8) is 0 Å². The molecule has 0 saturated carbocycles. The van der Waals surface area contributed by atoms with E-state index in [0.717, 1.165) is 23.0 Å². The van der Waals surface area contributed by atoms with Gasteiger partial charge in [0, 0.05) is 19.0 Å². The SMILES string of the molecule is CCc1nn(C)c(CC(C)(N)C(C)C)c1Br. The Balaban J connectivity index is 3.02. The van der Waals surface area contributed by atoms with E-state index in [1.54, 1.807) is 0 Å². The molecule has 1 heterocycles. The molecule has 0 amide bonds. The lowest BCUT2D eigenvalue weighted by molar-refractivity contribution is 0.330. The van der Waals surface area contributed by atoms with Crippen LogP contribution in [0.5, 0.6) is 0 Å². The zero-order valence-corrected chi connectivity index (χ0v) is 12.4. The number of hydrogen-bond donors (Lipinski definition) is 1. The number of aryl methyl sites for hydroxylation is 2. The van der Waals surface area contributed by atoms with Gasteiger partial charge in [-0.3, -0.25) is 4.68 Å². The van der Waals surface area contributed by atoms with Crippen molar-refractivity contribution in [2.45, 2.75) is 46.1 Å². The quantitative estimate of drug-likeness (QED) is 0.925. The Hall–Kier alpha value is -0.350. The van der Waals surface area contributed by atoms with Crippen molar-refractivity contribution >= 4 is 15.9 Å². The van der Waals surface area contributed by atoms with Gasteiger partial charge in [-0.25, -0.2) is 0 Å². The Labute approximate surface area is 107 Å². The highest BCUT2D eigenvalue weighted by Gasteiger charge is 2.27. The van der Waals surface area contributed by atoms with Crippen molar-refractivity contribution in [1.29, 1.82) is 0 Å². The van der Waals surface area contributed by atoms with Gasteiger partial charge in [-0.05, 0) is 35.2 Å². The highest BCUT2D eigenvalue weighted by Crippen LogP contribution is 2.27. The van der Waals surface area contributed by atoms with Crippen molar-refractivity contribution in [1.82, 2.24) is 9.78 Å². The van der Waals surface area contributed by atoms with Crippen LogP contribution in [0.1, 0.15) is 39.1 Å². The summed E-state index contributed by atoms with van der Waals surface area (Å²) < 4.78 is 3.06. The molecule has 1 aromatic heterocycles. The molecule has 0 aliphatic heterocycles. The van der Waals surface area contributed by atoms with Gasteiger partial charge in [0.2, 0.25) is 0 Å². The Morgan fingerprint density at radius 2 is 2.06 bits per heavy atom. The predicted octanol–water partition coefficient (Wildman–Crippen LogP) is 2.66. The maximum absolute atomic E-state index is 6.32. The van der Waals surface area contributed by atoms with Gasteiger partial charge in [0.05, 0.1) is 15.9 Å². The first-order valence-electron chi connectivity index (χ1n) is 5.78. The highest BCUT2D eigenvalue weighted by molar-refractivity contribution is 9.10. The lowest BCUT2D eigenvalue weighted by atomic mass is 9.85. The van der Waals surface area contributed by atoms with Crippen LogP contribution in [0.3, 0.4) is 0 Å². The van der Waals surface area contributed by atoms with Crippen LogP contribution in [0.2, 0.25) is 0 Å². The van der Waals surface area contributed by atoms with E-state index < -0.39 is 0 Å². The van der Waals surface area contributed by atoms with E-state index in [0.29, 0.717) is 5.92 Å². The van der Waals surface area contributed by atoms with E-state index in [4.69, 9.17) is 5.73 Å². The van der Waals surface area contributed by atoms with Gasteiger partial charge in [-0.15, -0.1) is 0 Å². The van der Waals surface area contributed by atoms with Crippen LogP contribution in [0, 0.1) is 5.92 Å². The minimum Gasteiger partial charge on any atom is -0.325 e. The molecule has 0 aromatic carbocycles. The Morgan fingerprint density at radius 1 is 1.50 bits per heavy atom. The molecule has 0 aliphatic rings. The van der Waals surface area contributed by atoms with Crippen LogP contribution in [0.15, 0.2) is 4.47 Å². The van der Waals surface area contributed by atoms with Crippen LogP contribution in [0.4, 0.5) is 0 Å². The van der Waals surface area contributed by atoms with Gasteiger partial charge in [0.1, 0.15) is 0 Å². The normalized spacial score (nSPS) is 15.5. The highest BCUT2D eigenvalue weighted by atomic mass is 79.9. The largest absolute Gasteiger partial charge is 0.325 e. The molecule has 1 atom stereocenters. The first kappa shape index (κ1) is 13.7. The predicted molar refractivity (Wildman–Crippen MR) is 71.4 cm³/mol. The molecule has 0 bridgehead atoms. The summed E-state index contributed by atoms with van der Waals surface area (Å²) in [5.74, 6) is 0.444. The molecule has 0 fully saturated rings. The zero-order chi connectivity index (χ0) is 12.5. The number of nitrogens with two attached hydrogens (primary N) is 1. The zero-order valence-electron chi connectivity index (χ0n) is 10.8. The van der Waals surface area contributed by atoms with E-state index in [-0.39, 0.29) is 5.54 Å². The molecule has 3 nitrogen and oxygen atoms in total. The van der Waals surface area contributed by atoms with E-state index in [1.165, 1.54) is 5.69 Å². The Morgan fingerprint density at radius 3 is 2.44 bits per heavy atom. The molecule has 92 valence electrons.